The Kier molecular flexibility index (Phi) is 4.08. The van der Waals surface area contributed by atoms with Crippen molar-refractivity contribution in [3.05, 3.63) is 23.4 Å². The SMILES string of the molecule is O=C(C1CCOC1)N1CCN(c2ccc(Cl)cn2)CC1. The van der Waals surface area contributed by atoms with Crippen LogP contribution in [0, 0.1) is 5.92 Å². The first-order valence-electron chi connectivity index (χ1n) is 6.97. The van der Waals surface area contributed by atoms with Gasteiger partial charge in [0.05, 0.1) is 17.5 Å². The van der Waals surface area contributed by atoms with Gasteiger partial charge in [-0.05, 0) is 18.6 Å². The molecule has 0 saturated carbocycles. The number of halogens is 1. The first-order valence-corrected chi connectivity index (χ1v) is 7.35. The van der Waals surface area contributed by atoms with E-state index in [1.165, 1.54) is 0 Å². The zero-order valence-corrected chi connectivity index (χ0v) is 12.1. The van der Waals surface area contributed by atoms with Crippen molar-refractivity contribution in [3.63, 3.8) is 0 Å². The average molecular weight is 296 g/mol. The monoisotopic (exact) mass is 295 g/mol. The topological polar surface area (TPSA) is 45.7 Å². The molecular formula is C14H18ClN3O2. The molecule has 3 rings (SSSR count). The van der Waals surface area contributed by atoms with Crippen molar-refractivity contribution in [1.29, 1.82) is 0 Å². The Labute approximate surface area is 123 Å². The van der Waals surface area contributed by atoms with Crippen molar-refractivity contribution in [2.24, 2.45) is 5.92 Å². The fraction of sp³-hybridized carbons (Fsp3) is 0.571. The van der Waals surface area contributed by atoms with Crippen LogP contribution in [0.5, 0.6) is 0 Å². The number of pyridine rings is 1. The van der Waals surface area contributed by atoms with E-state index in [1.54, 1.807) is 6.20 Å². The van der Waals surface area contributed by atoms with Crippen molar-refractivity contribution in [2.75, 3.05) is 44.3 Å². The number of ether oxygens (including phenoxy) is 1. The van der Waals surface area contributed by atoms with E-state index < -0.39 is 0 Å². The lowest BCUT2D eigenvalue weighted by molar-refractivity contribution is -0.135. The molecule has 6 heteroatoms. The van der Waals surface area contributed by atoms with Crippen molar-refractivity contribution >= 4 is 23.3 Å². The number of hydrogen-bond acceptors (Lipinski definition) is 4. The lowest BCUT2D eigenvalue weighted by atomic mass is 10.1. The van der Waals surface area contributed by atoms with Gasteiger partial charge < -0.3 is 14.5 Å². The van der Waals surface area contributed by atoms with Crippen molar-refractivity contribution in [1.82, 2.24) is 9.88 Å². The van der Waals surface area contributed by atoms with Gasteiger partial charge in [0.2, 0.25) is 5.91 Å². The van der Waals surface area contributed by atoms with E-state index in [9.17, 15) is 4.79 Å². The number of carbonyl (C=O) groups excluding carboxylic acids is 1. The van der Waals surface area contributed by atoms with E-state index in [0.29, 0.717) is 18.2 Å². The van der Waals surface area contributed by atoms with E-state index in [-0.39, 0.29) is 11.8 Å². The highest BCUT2D eigenvalue weighted by Gasteiger charge is 2.30. The predicted molar refractivity (Wildman–Crippen MR) is 77.0 cm³/mol. The van der Waals surface area contributed by atoms with E-state index in [1.807, 2.05) is 17.0 Å². The van der Waals surface area contributed by atoms with E-state index >= 15 is 0 Å². The summed E-state index contributed by atoms with van der Waals surface area (Å²) in [5.41, 5.74) is 0. The minimum absolute atomic E-state index is 0.0650. The lowest BCUT2D eigenvalue weighted by Crippen LogP contribution is -2.50. The van der Waals surface area contributed by atoms with Gasteiger partial charge in [-0.15, -0.1) is 0 Å². The molecule has 3 heterocycles. The third kappa shape index (κ3) is 2.88. The highest BCUT2D eigenvalue weighted by Crippen LogP contribution is 2.19. The van der Waals surface area contributed by atoms with E-state index in [2.05, 4.69) is 9.88 Å². The molecule has 108 valence electrons. The quantitative estimate of drug-likeness (QED) is 0.828. The van der Waals surface area contributed by atoms with Gasteiger partial charge in [-0.3, -0.25) is 4.79 Å². The zero-order valence-electron chi connectivity index (χ0n) is 11.3. The van der Waals surface area contributed by atoms with Gasteiger partial charge in [-0.1, -0.05) is 11.6 Å². The summed E-state index contributed by atoms with van der Waals surface area (Å²) in [4.78, 5) is 20.7. The highest BCUT2D eigenvalue weighted by molar-refractivity contribution is 6.30. The summed E-state index contributed by atoms with van der Waals surface area (Å²) in [6.45, 7) is 4.42. The number of aromatic nitrogens is 1. The first-order chi connectivity index (χ1) is 9.74. The lowest BCUT2D eigenvalue weighted by Gasteiger charge is -2.36. The molecule has 0 radical (unpaired) electrons. The smallest absolute Gasteiger partial charge is 0.228 e. The molecule has 5 nitrogen and oxygen atoms in total. The Morgan fingerprint density at radius 3 is 2.70 bits per heavy atom. The summed E-state index contributed by atoms with van der Waals surface area (Å²) in [5.74, 6) is 1.23. The maximum atomic E-state index is 12.3. The molecule has 2 saturated heterocycles. The average Bonchev–Trinajstić information content (AvgIpc) is 3.02. The summed E-state index contributed by atoms with van der Waals surface area (Å²) >= 11 is 5.84. The molecule has 20 heavy (non-hydrogen) atoms. The van der Waals surface area contributed by atoms with Gasteiger partial charge in [0.1, 0.15) is 5.82 Å². The van der Waals surface area contributed by atoms with Crippen LogP contribution >= 0.6 is 11.6 Å². The molecule has 2 aliphatic rings. The van der Waals surface area contributed by atoms with E-state index in [4.69, 9.17) is 16.3 Å². The molecule has 0 aliphatic carbocycles. The van der Waals surface area contributed by atoms with Crippen LogP contribution in [0.15, 0.2) is 18.3 Å². The minimum atomic E-state index is 0.0650. The summed E-state index contributed by atoms with van der Waals surface area (Å²) in [5, 5.41) is 0.642. The zero-order chi connectivity index (χ0) is 13.9. The molecule has 2 fully saturated rings. The molecule has 1 atom stereocenters. The van der Waals surface area contributed by atoms with Gasteiger partial charge >= 0.3 is 0 Å². The second-order valence-electron chi connectivity index (χ2n) is 5.21. The van der Waals surface area contributed by atoms with Gasteiger partial charge in [0.25, 0.3) is 0 Å². The summed E-state index contributed by atoms with van der Waals surface area (Å²) in [7, 11) is 0. The molecule has 1 aromatic heterocycles. The first kappa shape index (κ1) is 13.6. The van der Waals surface area contributed by atoms with Crippen molar-refractivity contribution in [2.45, 2.75) is 6.42 Å². The molecule has 0 aromatic carbocycles. The minimum Gasteiger partial charge on any atom is -0.381 e. The Balaban J connectivity index is 1.56. The highest BCUT2D eigenvalue weighted by atomic mass is 35.5. The van der Waals surface area contributed by atoms with Crippen LogP contribution in [0.4, 0.5) is 5.82 Å². The Hall–Kier alpha value is -1.33. The largest absolute Gasteiger partial charge is 0.381 e. The number of amides is 1. The second-order valence-corrected chi connectivity index (χ2v) is 5.64. The number of rotatable bonds is 2. The standard InChI is InChI=1S/C14H18ClN3O2/c15-12-1-2-13(16-9-12)17-4-6-18(7-5-17)14(19)11-3-8-20-10-11/h1-2,9,11H,3-8,10H2. The maximum Gasteiger partial charge on any atom is 0.228 e. The van der Waals surface area contributed by atoms with Crippen molar-refractivity contribution in [3.8, 4) is 0 Å². The second kappa shape index (κ2) is 5.97. The Morgan fingerprint density at radius 1 is 1.30 bits per heavy atom. The van der Waals surface area contributed by atoms with Gasteiger partial charge in [-0.2, -0.15) is 0 Å². The van der Waals surface area contributed by atoms with Crippen LogP contribution in [0.3, 0.4) is 0 Å². The number of hydrogen-bond donors (Lipinski definition) is 0. The molecule has 2 aliphatic heterocycles. The number of nitrogens with zero attached hydrogens (tertiary/aromatic N) is 3. The van der Waals surface area contributed by atoms with Crippen LogP contribution in [0.2, 0.25) is 5.02 Å². The third-order valence-corrected chi connectivity index (χ3v) is 4.13. The van der Waals surface area contributed by atoms with Gasteiger partial charge in [0, 0.05) is 39.0 Å². The molecule has 1 aromatic rings. The van der Waals surface area contributed by atoms with E-state index in [0.717, 1.165) is 38.4 Å². The van der Waals surface area contributed by atoms with Crippen molar-refractivity contribution < 1.29 is 9.53 Å². The molecule has 0 spiro atoms. The number of piperazine rings is 1. The molecule has 1 unspecified atom stereocenters. The Morgan fingerprint density at radius 2 is 2.10 bits per heavy atom. The summed E-state index contributed by atoms with van der Waals surface area (Å²) in [6.07, 6.45) is 2.52. The predicted octanol–water partition coefficient (Wildman–Crippen LogP) is 1.42. The van der Waals surface area contributed by atoms with Gasteiger partial charge in [-0.25, -0.2) is 4.98 Å². The van der Waals surface area contributed by atoms with Crippen LogP contribution in [-0.4, -0.2) is 55.2 Å². The normalized spacial score (nSPS) is 23.1. The molecule has 1 amide bonds. The molecule has 0 bridgehead atoms. The number of carbonyl (C=O) groups is 1. The van der Waals surface area contributed by atoms with Crippen LogP contribution in [-0.2, 0) is 9.53 Å². The molecule has 0 N–H and O–H groups in total. The van der Waals surface area contributed by atoms with Gasteiger partial charge in [0.15, 0.2) is 0 Å². The van der Waals surface area contributed by atoms with Crippen LogP contribution in [0.1, 0.15) is 6.42 Å². The Bertz CT molecular complexity index is 466. The van der Waals surface area contributed by atoms with Crippen LogP contribution < -0.4 is 4.90 Å². The fourth-order valence-electron chi connectivity index (χ4n) is 2.70. The molecular weight excluding hydrogens is 278 g/mol. The maximum absolute atomic E-state index is 12.3. The van der Waals surface area contributed by atoms with Crippen LogP contribution in [0.25, 0.3) is 0 Å². The third-order valence-electron chi connectivity index (χ3n) is 3.91. The summed E-state index contributed by atoms with van der Waals surface area (Å²) < 4.78 is 5.29. The number of anilines is 1. The fourth-order valence-corrected chi connectivity index (χ4v) is 2.81. The summed E-state index contributed by atoms with van der Waals surface area (Å²) in [6, 6.07) is 3.77.